The van der Waals surface area contributed by atoms with E-state index in [4.69, 9.17) is 4.74 Å². The molecule has 0 saturated heterocycles. The van der Waals surface area contributed by atoms with E-state index in [1.165, 1.54) is 6.92 Å². The van der Waals surface area contributed by atoms with Crippen LogP contribution in [0.3, 0.4) is 0 Å². The van der Waals surface area contributed by atoms with Crippen molar-refractivity contribution in [2.24, 2.45) is 5.10 Å². The molecule has 0 fully saturated rings. The number of ether oxygens (including phenoxy) is 1. The lowest BCUT2D eigenvalue weighted by Gasteiger charge is -2.07. The van der Waals surface area contributed by atoms with Gasteiger partial charge in [0.25, 0.3) is 5.91 Å². The highest BCUT2D eigenvalue weighted by molar-refractivity contribution is 6.06. The van der Waals surface area contributed by atoms with E-state index < -0.39 is 5.91 Å². The highest BCUT2D eigenvalue weighted by Gasteiger charge is 2.08. The van der Waals surface area contributed by atoms with Gasteiger partial charge in [-0.3, -0.25) is 14.4 Å². The predicted molar refractivity (Wildman–Crippen MR) is 108 cm³/mol. The number of nitrogens with one attached hydrogen (secondary N) is 3. The summed E-state index contributed by atoms with van der Waals surface area (Å²) in [7, 11) is 1.57. The topological polar surface area (TPSA) is 109 Å². The number of hydrogen-bond donors (Lipinski definition) is 3. The second-order valence-electron chi connectivity index (χ2n) is 6.00. The van der Waals surface area contributed by atoms with Crippen LogP contribution in [0.5, 0.6) is 5.75 Å². The average Bonchev–Trinajstić information content (AvgIpc) is 2.66. The molecule has 3 N–H and O–H groups in total. The van der Waals surface area contributed by atoms with Crippen LogP contribution < -0.4 is 20.8 Å². The lowest BCUT2D eigenvalue weighted by atomic mass is 10.2. The number of rotatable bonds is 7. The smallest absolute Gasteiger partial charge is 0.271 e. The van der Waals surface area contributed by atoms with E-state index in [1.54, 1.807) is 62.6 Å². The summed E-state index contributed by atoms with van der Waals surface area (Å²) in [6.07, 6.45) is 0.0355. The lowest BCUT2D eigenvalue weighted by Crippen LogP contribution is -2.21. The van der Waals surface area contributed by atoms with E-state index >= 15 is 0 Å². The van der Waals surface area contributed by atoms with Gasteiger partial charge in [-0.25, -0.2) is 5.43 Å². The monoisotopic (exact) mass is 382 g/mol. The van der Waals surface area contributed by atoms with Gasteiger partial charge < -0.3 is 15.4 Å². The minimum atomic E-state index is -0.413. The van der Waals surface area contributed by atoms with Gasteiger partial charge in [0, 0.05) is 29.6 Å². The van der Waals surface area contributed by atoms with Crippen LogP contribution in [0.4, 0.5) is 11.4 Å². The minimum absolute atomic E-state index is 0.0355. The summed E-state index contributed by atoms with van der Waals surface area (Å²) in [4.78, 5) is 35.1. The fraction of sp³-hybridized carbons (Fsp3) is 0.200. The van der Waals surface area contributed by atoms with Crippen molar-refractivity contribution in [3.05, 3.63) is 54.1 Å². The third-order valence-corrected chi connectivity index (χ3v) is 3.61. The van der Waals surface area contributed by atoms with Crippen LogP contribution in [0.1, 0.15) is 30.6 Å². The van der Waals surface area contributed by atoms with Gasteiger partial charge in [0.2, 0.25) is 11.8 Å². The van der Waals surface area contributed by atoms with Crippen molar-refractivity contribution in [1.29, 1.82) is 0 Å². The molecule has 0 radical (unpaired) electrons. The molecule has 0 bridgehead atoms. The van der Waals surface area contributed by atoms with Gasteiger partial charge in [0.15, 0.2) is 0 Å². The molecule has 0 aliphatic rings. The fourth-order valence-electron chi connectivity index (χ4n) is 2.27. The van der Waals surface area contributed by atoms with Crippen molar-refractivity contribution >= 4 is 34.8 Å². The highest BCUT2D eigenvalue weighted by Crippen LogP contribution is 2.15. The summed E-state index contributed by atoms with van der Waals surface area (Å²) >= 11 is 0. The van der Waals surface area contributed by atoms with Gasteiger partial charge in [-0.05, 0) is 55.5 Å². The first-order chi connectivity index (χ1) is 13.4. The summed E-state index contributed by atoms with van der Waals surface area (Å²) in [6, 6.07) is 13.3. The number of benzene rings is 2. The Morgan fingerprint density at radius 1 is 0.893 bits per heavy atom. The van der Waals surface area contributed by atoms with Crippen molar-refractivity contribution in [2.45, 2.75) is 20.3 Å². The average molecular weight is 382 g/mol. The molecule has 0 unspecified atom stereocenters. The van der Waals surface area contributed by atoms with E-state index in [2.05, 4.69) is 21.2 Å². The second-order valence-corrected chi connectivity index (χ2v) is 6.00. The maximum atomic E-state index is 12.1. The van der Waals surface area contributed by atoms with Crippen LogP contribution in [0.25, 0.3) is 0 Å². The van der Waals surface area contributed by atoms with Gasteiger partial charge in [0.1, 0.15) is 5.75 Å². The maximum absolute atomic E-state index is 12.1. The number of nitrogens with zero attached hydrogens (tertiary/aromatic N) is 1. The summed E-state index contributed by atoms with van der Waals surface area (Å²) in [5, 5.41) is 9.31. The molecule has 0 atom stereocenters. The van der Waals surface area contributed by atoms with Gasteiger partial charge in [-0.2, -0.15) is 5.10 Å². The number of hydrazone groups is 1. The van der Waals surface area contributed by atoms with Crippen LogP contribution in [0.2, 0.25) is 0 Å². The van der Waals surface area contributed by atoms with Crippen LogP contribution >= 0.6 is 0 Å². The molecule has 0 aromatic heterocycles. The summed E-state index contributed by atoms with van der Waals surface area (Å²) < 4.78 is 5.06. The molecule has 2 rings (SSSR count). The second kappa shape index (κ2) is 9.86. The Hall–Kier alpha value is -3.68. The number of carbonyl (C=O) groups is 3. The first-order valence-corrected chi connectivity index (χ1v) is 8.52. The number of carbonyl (C=O) groups excluding carboxylic acids is 3. The quantitative estimate of drug-likeness (QED) is 0.505. The first kappa shape index (κ1) is 20.6. The Kier molecular flexibility index (Phi) is 7.27. The molecule has 146 valence electrons. The molecule has 0 heterocycles. The molecule has 0 saturated carbocycles. The Morgan fingerprint density at radius 3 is 2.04 bits per heavy atom. The van der Waals surface area contributed by atoms with E-state index in [0.717, 1.165) is 0 Å². The van der Waals surface area contributed by atoms with E-state index in [9.17, 15) is 14.4 Å². The lowest BCUT2D eigenvalue weighted by molar-refractivity contribution is -0.115. The normalized spacial score (nSPS) is 10.8. The molecule has 2 aromatic rings. The number of hydrogen-bond acceptors (Lipinski definition) is 5. The highest BCUT2D eigenvalue weighted by atomic mass is 16.5. The van der Waals surface area contributed by atoms with Crippen molar-refractivity contribution in [3.8, 4) is 5.75 Å². The SMILES string of the molecule is COc1ccc(NC(=O)C/C(C)=N\NC(=O)c2ccc(NC(C)=O)cc2)cc1. The largest absolute Gasteiger partial charge is 0.497 e. The van der Waals surface area contributed by atoms with Crippen molar-refractivity contribution < 1.29 is 19.1 Å². The zero-order chi connectivity index (χ0) is 20.5. The Balaban J connectivity index is 1.85. The Bertz CT molecular complexity index is 874. The zero-order valence-corrected chi connectivity index (χ0v) is 15.9. The van der Waals surface area contributed by atoms with Crippen molar-refractivity contribution in [2.75, 3.05) is 17.7 Å². The number of anilines is 2. The first-order valence-electron chi connectivity index (χ1n) is 8.52. The Morgan fingerprint density at radius 2 is 1.46 bits per heavy atom. The molecule has 8 nitrogen and oxygen atoms in total. The molecule has 28 heavy (non-hydrogen) atoms. The predicted octanol–water partition coefficient (Wildman–Crippen LogP) is 2.79. The molecule has 0 aliphatic carbocycles. The van der Waals surface area contributed by atoms with E-state index in [1.807, 2.05) is 0 Å². The van der Waals surface area contributed by atoms with Crippen molar-refractivity contribution in [3.63, 3.8) is 0 Å². The van der Waals surface area contributed by atoms with Gasteiger partial charge in [-0.1, -0.05) is 0 Å². The zero-order valence-electron chi connectivity index (χ0n) is 15.9. The van der Waals surface area contributed by atoms with Gasteiger partial charge in [0.05, 0.1) is 13.5 Å². The van der Waals surface area contributed by atoms with Crippen molar-refractivity contribution in [1.82, 2.24) is 5.43 Å². The maximum Gasteiger partial charge on any atom is 0.271 e. The molecule has 3 amide bonds. The van der Waals surface area contributed by atoms with Crippen LogP contribution in [-0.2, 0) is 9.59 Å². The standard InChI is InChI=1S/C20H22N4O4/c1-13(12-19(26)22-17-8-10-18(28-3)11-9-17)23-24-20(27)15-4-6-16(7-5-15)21-14(2)25/h4-11H,12H2,1-3H3,(H,21,25)(H,22,26)(H,24,27)/b23-13-. The fourth-order valence-corrected chi connectivity index (χ4v) is 2.27. The summed E-state index contributed by atoms with van der Waals surface area (Å²) in [5.74, 6) is -0.154. The molecule has 2 aromatic carbocycles. The van der Waals surface area contributed by atoms with Gasteiger partial charge in [-0.15, -0.1) is 0 Å². The van der Waals surface area contributed by atoms with E-state index in [-0.39, 0.29) is 18.2 Å². The third-order valence-electron chi connectivity index (χ3n) is 3.61. The number of methoxy groups -OCH3 is 1. The minimum Gasteiger partial charge on any atom is -0.497 e. The Labute approximate surface area is 163 Å². The third kappa shape index (κ3) is 6.56. The molecule has 0 spiro atoms. The summed E-state index contributed by atoms with van der Waals surface area (Å²) in [6.45, 7) is 3.05. The molecule has 8 heteroatoms. The van der Waals surface area contributed by atoms with Crippen LogP contribution in [0, 0.1) is 0 Å². The van der Waals surface area contributed by atoms with Crippen LogP contribution in [0.15, 0.2) is 53.6 Å². The van der Waals surface area contributed by atoms with Gasteiger partial charge >= 0.3 is 0 Å². The van der Waals surface area contributed by atoms with Crippen LogP contribution in [-0.4, -0.2) is 30.5 Å². The molecular weight excluding hydrogens is 360 g/mol. The molecule has 0 aliphatic heterocycles. The van der Waals surface area contributed by atoms with E-state index in [0.29, 0.717) is 28.4 Å². The number of amides is 3. The summed E-state index contributed by atoms with van der Waals surface area (Å²) in [5.41, 5.74) is 4.48. The molecular formula is C20H22N4O4.